The lowest BCUT2D eigenvalue weighted by atomic mass is 10.1. The van der Waals surface area contributed by atoms with Crippen LogP contribution >= 0.6 is 0 Å². The van der Waals surface area contributed by atoms with Gasteiger partial charge in [0.25, 0.3) is 0 Å². The molecule has 2 aromatic rings. The molecule has 2 amide bonds. The maximum absolute atomic E-state index is 12.8. The van der Waals surface area contributed by atoms with Crippen molar-refractivity contribution in [2.24, 2.45) is 5.92 Å². The quantitative estimate of drug-likeness (QED) is 0.740. The van der Waals surface area contributed by atoms with Crippen LogP contribution in [0.3, 0.4) is 0 Å². The second-order valence-electron chi connectivity index (χ2n) is 6.76. The van der Waals surface area contributed by atoms with Gasteiger partial charge < -0.3 is 34.9 Å². The lowest BCUT2D eigenvalue weighted by Crippen LogP contribution is -2.28. The van der Waals surface area contributed by atoms with Crippen molar-refractivity contribution in [3.05, 3.63) is 30.3 Å². The number of hydrogen-bond donors (Lipinski definition) is 2. The monoisotopic (exact) mass is 399 g/mol. The predicted molar refractivity (Wildman–Crippen MR) is 106 cm³/mol. The minimum atomic E-state index is -0.524. The van der Waals surface area contributed by atoms with Crippen molar-refractivity contribution in [1.82, 2.24) is 0 Å². The average molecular weight is 399 g/mol. The van der Waals surface area contributed by atoms with Gasteiger partial charge in [-0.2, -0.15) is 0 Å². The molecule has 1 atom stereocenters. The third-order valence-corrected chi connectivity index (χ3v) is 4.95. The van der Waals surface area contributed by atoms with E-state index < -0.39 is 5.92 Å². The Morgan fingerprint density at radius 2 is 1.76 bits per heavy atom. The molecule has 3 N–H and O–H groups in total. The minimum absolute atomic E-state index is 0.0931. The molecule has 0 aliphatic carbocycles. The van der Waals surface area contributed by atoms with Crippen LogP contribution in [0.25, 0.3) is 0 Å². The molecule has 4 rings (SSSR count). The SMILES string of the molecule is COc1cc(OC)cc(N2CC(C(=O)Nc3cc4c(cc3N)OCO4)CC2=O)c1. The molecule has 1 unspecified atom stereocenters. The Labute approximate surface area is 167 Å². The van der Waals surface area contributed by atoms with Gasteiger partial charge >= 0.3 is 0 Å². The van der Waals surface area contributed by atoms with Gasteiger partial charge in [-0.05, 0) is 0 Å². The highest BCUT2D eigenvalue weighted by atomic mass is 16.7. The smallest absolute Gasteiger partial charge is 0.231 e. The van der Waals surface area contributed by atoms with E-state index in [0.717, 1.165) is 0 Å². The maximum atomic E-state index is 12.8. The topological polar surface area (TPSA) is 112 Å². The number of hydrogen-bond acceptors (Lipinski definition) is 7. The van der Waals surface area contributed by atoms with E-state index in [1.54, 1.807) is 35.2 Å². The molecule has 152 valence electrons. The summed E-state index contributed by atoms with van der Waals surface area (Å²) in [5, 5.41) is 2.79. The molecule has 0 aromatic heterocycles. The highest BCUT2D eigenvalue weighted by Crippen LogP contribution is 2.39. The van der Waals surface area contributed by atoms with Crippen molar-refractivity contribution in [1.29, 1.82) is 0 Å². The van der Waals surface area contributed by atoms with E-state index in [4.69, 9.17) is 24.7 Å². The number of nitrogens with one attached hydrogen (secondary N) is 1. The van der Waals surface area contributed by atoms with E-state index in [1.807, 2.05) is 0 Å². The van der Waals surface area contributed by atoms with E-state index in [9.17, 15) is 9.59 Å². The summed E-state index contributed by atoms with van der Waals surface area (Å²) in [7, 11) is 3.08. The van der Waals surface area contributed by atoms with Crippen LogP contribution in [0.2, 0.25) is 0 Å². The van der Waals surface area contributed by atoms with E-state index in [-0.39, 0.29) is 31.6 Å². The Bertz CT molecular complexity index is 955. The van der Waals surface area contributed by atoms with Crippen LogP contribution in [0.1, 0.15) is 6.42 Å². The zero-order chi connectivity index (χ0) is 20.5. The van der Waals surface area contributed by atoms with E-state index >= 15 is 0 Å². The molecule has 1 saturated heterocycles. The summed E-state index contributed by atoms with van der Waals surface area (Å²) >= 11 is 0. The number of anilines is 3. The molecule has 0 spiro atoms. The maximum Gasteiger partial charge on any atom is 0.231 e. The van der Waals surface area contributed by atoms with E-state index in [0.29, 0.717) is 40.1 Å². The molecule has 29 heavy (non-hydrogen) atoms. The summed E-state index contributed by atoms with van der Waals surface area (Å²) in [5.74, 6) is 1.21. The summed E-state index contributed by atoms with van der Waals surface area (Å²) in [6.45, 7) is 0.355. The van der Waals surface area contributed by atoms with E-state index in [1.165, 1.54) is 14.2 Å². The number of amides is 2. The first kappa shape index (κ1) is 18.7. The van der Waals surface area contributed by atoms with Crippen molar-refractivity contribution < 1.29 is 28.5 Å². The number of methoxy groups -OCH3 is 2. The summed E-state index contributed by atoms with van der Waals surface area (Å²) in [4.78, 5) is 26.9. The summed E-state index contributed by atoms with van der Waals surface area (Å²) in [5.41, 5.74) is 7.40. The molecular weight excluding hydrogens is 378 g/mol. The Morgan fingerprint density at radius 1 is 1.10 bits per heavy atom. The van der Waals surface area contributed by atoms with Crippen molar-refractivity contribution in [2.45, 2.75) is 6.42 Å². The molecule has 0 bridgehead atoms. The number of benzene rings is 2. The Kier molecular flexibility index (Phi) is 4.79. The molecule has 1 fully saturated rings. The fourth-order valence-electron chi connectivity index (χ4n) is 3.38. The van der Waals surface area contributed by atoms with Crippen LogP contribution in [-0.4, -0.2) is 39.4 Å². The molecule has 2 heterocycles. The van der Waals surface area contributed by atoms with Crippen LogP contribution in [0, 0.1) is 5.92 Å². The Hall–Kier alpha value is -3.62. The number of ether oxygens (including phenoxy) is 4. The normalized spacial score (nSPS) is 17.4. The van der Waals surface area contributed by atoms with Crippen LogP contribution in [0.15, 0.2) is 30.3 Å². The number of carbonyl (C=O) groups is 2. The number of carbonyl (C=O) groups excluding carboxylic acids is 2. The molecule has 2 aromatic carbocycles. The highest BCUT2D eigenvalue weighted by molar-refractivity contribution is 6.04. The van der Waals surface area contributed by atoms with E-state index in [2.05, 4.69) is 5.32 Å². The first-order chi connectivity index (χ1) is 14.0. The molecule has 0 radical (unpaired) electrons. The van der Waals surface area contributed by atoms with Crippen LogP contribution in [0.4, 0.5) is 17.1 Å². The first-order valence-corrected chi connectivity index (χ1v) is 9.02. The average Bonchev–Trinajstić information content (AvgIpc) is 3.33. The zero-order valence-electron chi connectivity index (χ0n) is 16.1. The fraction of sp³-hybridized carbons (Fsp3) is 0.300. The van der Waals surface area contributed by atoms with Gasteiger partial charge in [0.1, 0.15) is 11.5 Å². The summed E-state index contributed by atoms with van der Waals surface area (Å²) in [6.07, 6.45) is 0.0931. The third kappa shape index (κ3) is 3.58. The third-order valence-electron chi connectivity index (χ3n) is 4.95. The standard InChI is InChI=1S/C20H21N3O6/c1-26-13-4-12(5-14(6-13)27-2)23-9-11(3-19(23)24)20(25)22-16-8-18-17(7-15(16)21)28-10-29-18/h4-8,11H,3,9-10,21H2,1-2H3,(H,22,25). The van der Waals surface area contributed by atoms with Crippen LogP contribution in [0.5, 0.6) is 23.0 Å². The molecule has 9 heteroatoms. The van der Waals surface area contributed by atoms with Gasteiger partial charge in [0, 0.05) is 43.3 Å². The van der Waals surface area contributed by atoms with Gasteiger partial charge in [0.05, 0.1) is 37.2 Å². The lowest BCUT2D eigenvalue weighted by Gasteiger charge is -2.19. The van der Waals surface area contributed by atoms with Gasteiger partial charge in [-0.1, -0.05) is 0 Å². The zero-order valence-corrected chi connectivity index (χ0v) is 16.1. The Balaban J connectivity index is 1.50. The van der Waals surface area contributed by atoms with Crippen LogP contribution < -0.4 is 34.9 Å². The highest BCUT2D eigenvalue weighted by Gasteiger charge is 2.36. The lowest BCUT2D eigenvalue weighted by molar-refractivity contribution is -0.122. The number of nitrogen functional groups attached to an aromatic ring is 1. The molecule has 9 nitrogen and oxygen atoms in total. The molecule has 0 saturated carbocycles. The fourth-order valence-corrected chi connectivity index (χ4v) is 3.38. The molecule has 2 aliphatic rings. The van der Waals surface area contributed by atoms with Gasteiger partial charge in [-0.3, -0.25) is 9.59 Å². The van der Waals surface area contributed by atoms with Crippen molar-refractivity contribution in [3.8, 4) is 23.0 Å². The van der Waals surface area contributed by atoms with Crippen LogP contribution in [-0.2, 0) is 9.59 Å². The van der Waals surface area contributed by atoms with Crippen molar-refractivity contribution in [2.75, 3.05) is 43.5 Å². The van der Waals surface area contributed by atoms with Crippen molar-refractivity contribution >= 4 is 28.9 Å². The van der Waals surface area contributed by atoms with Gasteiger partial charge in [0.15, 0.2) is 11.5 Å². The largest absolute Gasteiger partial charge is 0.497 e. The summed E-state index contributed by atoms with van der Waals surface area (Å²) < 4.78 is 21.1. The second-order valence-corrected chi connectivity index (χ2v) is 6.76. The van der Waals surface area contributed by atoms with Gasteiger partial charge in [-0.15, -0.1) is 0 Å². The number of nitrogens with zero attached hydrogens (tertiary/aromatic N) is 1. The minimum Gasteiger partial charge on any atom is -0.497 e. The molecular formula is C20H21N3O6. The Morgan fingerprint density at radius 3 is 2.41 bits per heavy atom. The molecule has 2 aliphatic heterocycles. The predicted octanol–water partition coefficient (Wildman–Crippen LogP) is 2.01. The van der Waals surface area contributed by atoms with Gasteiger partial charge in [0.2, 0.25) is 18.6 Å². The first-order valence-electron chi connectivity index (χ1n) is 9.02. The van der Waals surface area contributed by atoms with Gasteiger partial charge in [-0.25, -0.2) is 0 Å². The number of rotatable bonds is 5. The number of nitrogens with two attached hydrogens (primary N) is 1. The number of fused-ring (bicyclic) bond motifs is 1. The van der Waals surface area contributed by atoms with Crippen molar-refractivity contribution in [3.63, 3.8) is 0 Å². The summed E-state index contributed by atoms with van der Waals surface area (Å²) in [6, 6.07) is 8.41. The second kappa shape index (κ2) is 7.42.